The Morgan fingerprint density at radius 1 is 1.10 bits per heavy atom. The van der Waals surface area contributed by atoms with Crippen LogP contribution < -0.4 is 5.63 Å². The molecule has 7 heteroatoms. The van der Waals surface area contributed by atoms with Crippen LogP contribution in [0.25, 0.3) is 0 Å². The fraction of sp³-hybridized carbons (Fsp3) is 0.364. The van der Waals surface area contributed by atoms with Crippen molar-refractivity contribution in [2.24, 2.45) is 0 Å². The summed E-state index contributed by atoms with van der Waals surface area (Å²) in [6.45, 7) is 2.99. The Balaban J connectivity index is 1.43. The molecule has 1 fully saturated rings. The first kappa shape index (κ1) is 19.1. The van der Waals surface area contributed by atoms with Gasteiger partial charge in [0.15, 0.2) is 0 Å². The van der Waals surface area contributed by atoms with Crippen LogP contribution in [-0.2, 0) is 12.8 Å². The number of aromatic nitrogens is 3. The van der Waals surface area contributed by atoms with Gasteiger partial charge in [-0.3, -0.25) is 4.79 Å². The molecular weight excluding hydrogens is 368 g/mol. The molecule has 29 heavy (non-hydrogen) atoms. The third-order valence-corrected chi connectivity index (χ3v) is 5.53. The highest BCUT2D eigenvalue weighted by Gasteiger charge is 2.27. The second-order valence-electron chi connectivity index (χ2n) is 7.48. The van der Waals surface area contributed by atoms with Crippen LogP contribution in [0.1, 0.15) is 46.1 Å². The minimum atomic E-state index is -0.543. The standard InChI is InChI=1S/C22H24N4O3/c1-16-13-19(8-7-17-5-3-2-4-6-17)29-22(28)20(16)21(27)25-11-9-18(10-12-25)26-14-23-24-15-26/h2-6,13-15,18H,7-12H2,1H3. The number of piperidine rings is 1. The lowest BCUT2D eigenvalue weighted by atomic mass is 10.0. The number of nitrogens with zero attached hydrogens (tertiary/aromatic N) is 4. The quantitative estimate of drug-likeness (QED) is 0.667. The van der Waals surface area contributed by atoms with Gasteiger partial charge in [-0.1, -0.05) is 30.3 Å². The Morgan fingerprint density at radius 2 is 1.79 bits per heavy atom. The van der Waals surface area contributed by atoms with Crippen LogP contribution in [0.5, 0.6) is 0 Å². The van der Waals surface area contributed by atoms with Gasteiger partial charge in [-0.2, -0.15) is 0 Å². The fourth-order valence-electron chi connectivity index (χ4n) is 3.89. The lowest BCUT2D eigenvalue weighted by Crippen LogP contribution is -2.41. The van der Waals surface area contributed by atoms with Crippen LogP contribution in [-0.4, -0.2) is 38.7 Å². The van der Waals surface area contributed by atoms with Crippen molar-refractivity contribution in [1.29, 1.82) is 0 Å². The molecule has 4 rings (SSSR count). The Kier molecular flexibility index (Phi) is 5.55. The number of likely N-dealkylation sites (tertiary alicyclic amines) is 1. The monoisotopic (exact) mass is 392 g/mol. The number of carbonyl (C=O) groups is 1. The van der Waals surface area contributed by atoms with Crippen LogP contribution in [0.15, 0.2) is 58.3 Å². The lowest BCUT2D eigenvalue weighted by molar-refractivity contribution is 0.0688. The summed E-state index contributed by atoms with van der Waals surface area (Å²) in [6.07, 6.45) is 6.43. The molecule has 1 aliphatic rings. The number of carbonyl (C=O) groups excluding carboxylic acids is 1. The molecule has 1 amide bonds. The molecule has 2 aromatic heterocycles. The number of hydrogen-bond acceptors (Lipinski definition) is 5. The summed E-state index contributed by atoms with van der Waals surface area (Å²) in [5.41, 5.74) is 1.47. The molecule has 1 saturated heterocycles. The molecule has 0 bridgehead atoms. The first-order chi connectivity index (χ1) is 14.1. The van der Waals surface area contributed by atoms with Gasteiger partial charge in [0.05, 0.1) is 0 Å². The average Bonchev–Trinajstić information content (AvgIpc) is 3.27. The molecule has 0 radical (unpaired) electrons. The highest BCUT2D eigenvalue weighted by Crippen LogP contribution is 2.23. The van der Waals surface area contributed by atoms with E-state index < -0.39 is 5.63 Å². The average molecular weight is 392 g/mol. The third kappa shape index (κ3) is 4.29. The van der Waals surface area contributed by atoms with Crippen molar-refractivity contribution in [3.63, 3.8) is 0 Å². The number of benzene rings is 1. The fourth-order valence-corrected chi connectivity index (χ4v) is 3.89. The molecule has 0 aliphatic carbocycles. The van der Waals surface area contributed by atoms with Crippen LogP contribution >= 0.6 is 0 Å². The van der Waals surface area contributed by atoms with Gasteiger partial charge in [0.2, 0.25) is 0 Å². The van der Waals surface area contributed by atoms with Gasteiger partial charge in [0.1, 0.15) is 24.0 Å². The van der Waals surface area contributed by atoms with Gasteiger partial charge in [0.25, 0.3) is 5.91 Å². The van der Waals surface area contributed by atoms with Crippen molar-refractivity contribution < 1.29 is 9.21 Å². The molecular formula is C22H24N4O3. The maximum Gasteiger partial charge on any atom is 0.349 e. The van der Waals surface area contributed by atoms with Gasteiger partial charge in [0, 0.05) is 25.6 Å². The van der Waals surface area contributed by atoms with E-state index in [0.717, 1.165) is 19.3 Å². The molecule has 3 heterocycles. The predicted molar refractivity (Wildman–Crippen MR) is 108 cm³/mol. The summed E-state index contributed by atoms with van der Waals surface area (Å²) < 4.78 is 7.45. The van der Waals surface area contributed by atoms with Crippen molar-refractivity contribution in [3.05, 3.63) is 81.9 Å². The summed E-state index contributed by atoms with van der Waals surface area (Å²) in [5.74, 6) is 0.368. The largest absolute Gasteiger partial charge is 0.427 e. The molecule has 7 nitrogen and oxygen atoms in total. The first-order valence-corrected chi connectivity index (χ1v) is 9.93. The number of rotatable bonds is 5. The normalized spacial score (nSPS) is 14.9. The number of amides is 1. The maximum atomic E-state index is 13.0. The van der Waals surface area contributed by atoms with E-state index in [1.807, 2.05) is 41.0 Å². The summed E-state index contributed by atoms with van der Waals surface area (Å²) in [6, 6.07) is 12.2. The molecule has 0 N–H and O–H groups in total. The van der Waals surface area contributed by atoms with Crippen LogP contribution in [0.2, 0.25) is 0 Å². The Hall–Kier alpha value is -3.22. The van der Waals surface area contributed by atoms with E-state index in [0.29, 0.717) is 30.8 Å². The predicted octanol–water partition coefficient (Wildman–Crippen LogP) is 2.80. The minimum Gasteiger partial charge on any atom is -0.427 e. The van der Waals surface area contributed by atoms with Crippen molar-refractivity contribution in [2.75, 3.05) is 13.1 Å². The summed E-state index contributed by atoms with van der Waals surface area (Å²) in [7, 11) is 0. The summed E-state index contributed by atoms with van der Waals surface area (Å²) in [5, 5.41) is 7.69. The Bertz CT molecular complexity index is 1020. The van der Waals surface area contributed by atoms with Crippen molar-refractivity contribution in [2.45, 2.75) is 38.6 Å². The van der Waals surface area contributed by atoms with Gasteiger partial charge in [-0.05, 0) is 43.4 Å². The summed E-state index contributed by atoms with van der Waals surface area (Å²) in [4.78, 5) is 27.3. The zero-order valence-electron chi connectivity index (χ0n) is 16.5. The van der Waals surface area contributed by atoms with Crippen LogP contribution in [0, 0.1) is 6.92 Å². The van der Waals surface area contributed by atoms with E-state index in [2.05, 4.69) is 10.2 Å². The van der Waals surface area contributed by atoms with Crippen molar-refractivity contribution in [1.82, 2.24) is 19.7 Å². The van der Waals surface area contributed by atoms with E-state index in [4.69, 9.17) is 4.42 Å². The zero-order chi connectivity index (χ0) is 20.2. The second-order valence-corrected chi connectivity index (χ2v) is 7.48. The summed E-state index contributed by atoms with van der Waals surface area (Å²) >= 11 is 0. The molecule has 0 saturated carbocycles. The van der Waals surface area contributed by atoms with Crippen LogP contribution in [0.3, 0.4) is 0 Å². The Morgan fingerprint density at radius 3 is 2.45 bits per heavy atom. The molecule has 0 atom stereocenters. The first-order valence-electron chi connectivity index (χ1n) is 9.93. The number of hydrogen-bond donors (Lipinski definition) is 0. The SMILES string of the molecule is Cc1cc(CCc2ccccc2)oc(=O)c1C(=O)N1CCC(n2cnnc2)CC1. The maximum absolute atomic E-state index is 13.0. The topological polar surface area (TPSA) is 81.2 Å². The van der Waals surface area contributed by atoms with Crippen molar-refractivity contribution >= 4 is 5.91 Å². The van der Waals surface area contributed by atoms with Crippen molar-refractivity contribution in [3.8, 4) is 0 Å². The number of aryl methyl sites for hydroxylation is 3. The molecule has 1 aromatic carbocycles. The van der Waals surface area contributed by atoms with E-state index in [1.54, 1.807) is 24.5 Å². The van der Waals surface area contributed by atoms with E-state index in [1.165, 1.54) is 5.56 Å². The zero-order valence-corrected chi connectivity index (χ0v) is 16.5. The molecule has 3 aromatic rings. The smallest absolute Gasteiger partial charge is 0.349 e. The van der Waals surface area contributed by atoms with E-state index in [-0.39, 0.29) is 17.5 Å². The molecule has 1 aliphatic heterocycles. The molecule has 0 unspecified atom stereocenters. The van der Waals surface area contributed by atoms with Gasteiger partial charge in [-0.15, -0.1) is 10.2 Å². The minimum absolute atomic E-state index is 0.149. The lowest BCUT2D eigenvalue weighted by Gasteiger charge is -2.32. The van der Waals surface area contributed by atoms with Gasteiger partial charge in [-0.25, -0.2) is 4.79 Å². The van der Waals surface area contributed by atoms with Gasteiger partial charge < -0.3 is 13.9 Å². The second kappa shape index (κ2) is 8.43. The molecule has 0 spiro atoms. The molecule has 150 valence electrons. The highest BCUT2D eigenvalue weighted by molar-refractivity contribution is 5.95. The third-order valence-electron chi connectivity index (χ3n) is 5.53. The highest BCUT2D eigenvalue weighted by atomic mass is 16.4. The van der Waals surface area contributed by atoms with Crippen LogP contribution in [0.4, 0.5) is 0 Å². The van der Waals surface area contributed by atoms with E-state index in [9.17, 15) is 9.59 Å². The van der Waals surface area contributed by atoms with Gasteiger partial charge >= 0.3 is 5.63 Å². The Labute approximate surface area is 169 Å². The van der Waals surface area contributed by atoms with E-state index >= 15 is 0 Å².